The van der Waals surface area contributed by atoms with E-state index in [1.54, 1.807) is 36.7 Å². The van der Waals surface area contributed by atoms with Crippen molar-refractivity contribution in [3.8, 4) is 17.3 Å². The zero-order valence-corrected chi connectivity index (χ0v) is 14.3. The Labute approximate surface area is 155 Å². The first kappa shape index (κ1) is 17.7. The molecule has 0 spiro atoms. The van der Waals surface area contributed by atoms with Crippen molar-refractivity contribution >= 4 is 11.6 Å². The number of hydrogen-bond donors (Lipinski definition) is 3. The number of benzene rings is 1. The number of hydrogen-bond acceptors (Lipinski definition) is 8. The number of pyridine rings is 1. The maximum atomic E-state index is 9.07. The zero-order chi connectivity index (χ0) is 19.1. The molecule has 0 saturated heterocycles. The molecule has 0 amide bonds. The van der Waals surface area contributed by atoms with Gasteiger partial charge < -0.3 is 11.1 Å². The fourth-order valence-electron chi connectivity index (χ4n) is 2.41. The Hall–Kier alpha value is -4.12. The van der Waals surface area contributed by atoms with Gasteiger partial charge in [-0.25, -0.2) is 15.5 Å². The van der Waals surface area contributed by atoms with Gasteiger partial charge in [-0.2, -0.15) is 10.4 Å². The minimum atomic E-state index is 0.0594. The summed E-state index contributed by atoms with van der Waals surface area (Å²) in [7, 11) is 0. The van der Waals surface area contributed by atoms with Gasteiger partial charge in [-0.3, -0.25) is 4.98 Å². The number of nitrogens with one attached hydrogen (secondary N) is 2. The van der Waals surface area contributed by atoms with Crippen LogP contribution in [-0.2, 0) is 6.54 Å². The van der Waals surface area contributed by atoms with Gasteiger partial charge in [0.15, 0.2) is 0 Å². The molecule has 0 unspecified atom stereocenters. The third kappa shape index (κ3) is 4.49. The van der Waals surface area contributed by atoms with Crippen LogP contribution >= 0.6 is 0 Å². The van der Waals surface area contributed by atoms with Gasteiger partial charge >= 0.3 is 0 Å². The fraction of sp³-hybridized carbons (Fsp3) is 0.0526. The van der Waals surface area contributed by atoms with E-state index in [0.29, 0.717) is 29.2 Å². The fourth-order valence-corrected chi connectivity index (χ4v) is 2.41. The predicted molar refractivity (Wildman–Crippen MR) is 101 cm³/mol. The normalized spacial score (nSPS) is 10.9. The Morgan fingerprint density at radius 1 is 1.22 bits per heavy atom. The number of aromatic nitrogens is 3. The number of anilines is 1. The van der Waals surface area contributed by atoms with Gasteiger partial charge in [-0.15, -0.1) is 0 Å². The van der Waals surface area contributed by atoms with Crippen LogP contribution in [0.25, 0.3) is 17.0 Å². The van der Waals surface area contributed by atoms with Gasteiger partial charge in [-0.05, 0) is 30.3 Å². The molecule has 2 heterocycles. The molecule has 4 N–H and O–H groups in total. The lowest BCUT2D eigenvalue weighted by Crippen LogP contribution is -2.08. The summed E-state index contributed by atoms with van der Waals surface area (Å²) in [5.74, 6) is 0.0594. The molecule has 1 aromatic carbocycles. The molecule has 0 aliphatic carbocycles. The first-order valence-corrected chi connectivity index (χ1v) is 8.06. The second-order valence-corrected chi connectivity index (χ2v) is 5.53. The van der Waals surface area contributed by atoms with Crippen LogP contribution in [0.15, 0.2) is 66.0 Å². The molecule has 8 heteroatoms. The average molecular weight is 356 g/mol. The quantitative estimate of drug-likeness (QED) is 0.580. The Kier molecular flexibility index (Phi) is 5.45. The average Bonchev–Trinajstić information content (AvgIpc) is 2.71. The first-order valence-electron chi connectivity index (χ1n) is 8.06. The molecule has 3 aromatic rings. The van der Waals surface area contributed by atoms with E-state index in [1.807, 2.05) is 24.3 Å². The standard InChI is InChI=1S/C19H16N8/c20-10-13-4-3-5-14(8-13)16-9-17(26-19(21)25-16)18(27-22)12-23-11-15-6-1-2-7-24-15/h1-9,12,22-23H,11H2,(H2,21,25,26)/b18-12-,27-22?. The highest BCUT2D eigenvalue weighted by atomic mass is 15.0. The van der Waals surface area contributed by atoms with Crippen molar-refractivity contribution in [2.45, 2.75) is 6.54 Å². The predicted octanol–water partition coefficient (Wildman–Crippen LogP) is 3.11. The van der Waals surface area contributed by atoms with Crippen LogP contribution in [0.1, 0.15) is 17.0 Å². The van der Waals surface area contributed by atoms with Crippen molar-refractivity contribution < 1.29 is 0 Å². The summed E-state index contributed by atoms with van der Waals surface area (Å²) in [5.41, 5.74) is 16.6. The van der Waals surface area contributed by atoms with Crippen LogP contribution < -0.4 is 11.1 Å². The van der Waals surface area contributed by atoms with Crippen LogP contribution in [-0.4, -0.2) is 15.0 Å². The molecule has 3 rings (SSSR count). The van der Waals surface area contributed by atoms with E-state index in [-0.39, 0.29) is 5.95 Å². The van der Waals surface area contributed by atoms with Crippen LogP contribution in [0.3, 0.4) is 0 Å². The SMILES string of the molecule is N#Cc1cccc(-c2cc(/C(=C/NCc3ccccn3)N=N)nc(N)n2)c1. The van der Waals surface area contributed by atoms with Gasteiger partial charge in [0.05, 0.1) is 35.3 Å². The van der Waals surface area contributed by atoms with E-state index in [0.717, 1.165) is 11.3 Å². The molecule has 132 valence electrons. The molecule has 8 nitrogen and oxygen atoms in total. The summed E-state index contributed by atoms with van der Waals surface area (Å²) in [5, 5.41) is 15.7. The van der Waals surface area contributed by atoms with Crippen LogP contribution in [0.4, 0.5) is 5.95 Å². The Balaban J connectivity index is 1.88. The van der Waals surface area contributed by atoms with Crippen LogP contribution in [0, 0.1) is 16.9 Å². The van der Waals surface area contributed by atoms with Crippen molar-refractivity contribution in [3.05, 3.63) is 77.9 Å². The molecular weight excluding hydrogens is 340 g/mol. The van der Waals surface area contributed by atoms with Crippen LogP contribution in [0.5, 0.6) is 0 Å². The molecule has 0 aliphatic rings. The van der Waals surface area contributed by atoms with E-state index in [2.05, 4.69) is 31.5 Å². The van der Waals surface area contributed by atoms with Crippen molar-refractivity contribution in [2.75, 3.05) is 5.73 Å². The van der Waals surface area contributed by atoms with E-state index in [1.165, 1.54) is 0 Å². The van der Waals surface area contributed by atoms with Crippen molar-refractivity contribution in [2.24, 2.45) is 5.11 Å². The number of nitrogens with zero attached hydrogens (tertiary/aromatic N) is 5. The number of nitrogen functional groups attached to an aromatic ring is 1. The third-order valence-corrected chi connectivity index (χ3v) is 3.66. The summed E-state index contributed by atoms with van der Waals surface area (Å²) in [6.45, 7) is 0.484. The maximum Gasteiger partial charge on any atom is 0.221 e. The summed E-state index contributed by atoms with van der Waals surface area (Å²) < 4.78 is 0. The van der Waals surface area contributed by atoms with E-state index >= 15 is 0 Å². The van der Waals surface area contributed by atoms with Gasteiger partial charge in [0.1, 0.15) is 5.70 Å². The van der Waals surface area contributed by atoms with E-state index in [9.17, 15) is 0 Å². The molecule has 0 bridgehead atoms. The monoisotopic (exact) mass is 356 g/mol. The summed E-state index contributed by atoms with van der Waals surface area (Å²) >= 11 is 0. The third-order valence-electron chi connectivity index (χ3n) is 3.66. The lowest BCUT2D eigenvalue weighted by molar-refractivity contribution is 0.833. The van der Waals surface area contributed by atoms with Crippen molar-refractivity contribution in [1.29, 1.82) is 10.8 Å². The molecule has 0 fully saturated rings. The molecule has 0 radical (unpaired) electrons. The van der Waals surface area contributed by atoms with Gasteiger partial charge in [0, 0.05) is 18.0 Å². The lowest BCUT2D eigenvalue weighted by atomic mass is 10.1. The van der Waals surface area contributed by atoms with Crippen molar-refractivity contribution in [1.82, 2.24) is 20.3 Å². The number of nitriles is 1. The number of nitrogens with two attached hydrogens (primary N) is 1. The van der Waals surface area contributed by atoms with Crippen molar-refractivity contribution in [3.63, 3.8) is 0 Å². The largest absolute Gasteiger partial charge is 0.383 e. The minimum absolute atomic E-state index is 0.0594. The smallest absolute Gasteiger partial charge is 0.221 e. The summed E-state index contributed by atoms with van der Waals surface area (Å²) in [4.78, 5) is 12.6. The number of rotatable bonds is 6. The van der Waals surface area contributed by atoms with Gasteiger partial charge in [-0.1, -0.05) is 18.2 Å². The molecular formula is C19H16N8. The Bertz CT molecular complexity index is 1020. The second kappa shape index (κ2) is 8.31. The highest BCUT2D eigenvalue weighted by molar-refractivity contribution is 5.69. The minimum Gasteiger partial charge on any atom is -0.383 e. The summed E-state index contributed by atoms with van der Waals surface area (Å²) in [6.07, 6.45) is 3.29. The van der Waals surface area contributed by atoms with Gasteiger partial charge in [0.25, 0.3) is 0 Å². The second-order valence-electron chi connectivity index (χ2n) is 5.53. The highest BCUT2D eigenvalue weighted by Gasteiger charge is 2.09. The van der Waals surface area contributed by atoms with E-state index in [4.69, 9.17) is 16.5 Å². The molecule has 0 aliphatic heterocycles. The van der Waals surface area contributed by atoms with E-state index < -0.39 is 0 Å². The molecule has 0 saturated carbocycles. The van der Waals surface area contributed by atoms with Gasteiger partial charge in [0.2, 0.25) is 5.95 Å². The zero-order valence-electron chi connectivity index (χ0n) is 14.3. The molecule has 0 atom stereocenters. The lowest BCUT2D eigenvalue weighted by Gasteiger charge is -2.07. The Morgan fingerprint density at radius 2 is 2.11 bits per heavy atom. The summed E-state index contributed by atoms with van der Waals surface area (Å²) in [6, 6.07) is 16.4. The Morgan fingerprint density at radius 3 is 2.85 bits per heavy atom. The molecule has 2 aromatic heterocycles. The molecule has 27 heavy (non-hydrogen) atoms. The van der Waals surface area contributed by atoms with Crippen LogP contribution in [0.2, 0.25) is 0 Å². The topological polar surface area (TPSA) is 137 Å². The maximum absolute atomic E-state index is 9.07. The first-order chi connectivity index (χ1) is 13.2. The highest BCUT2D eigenvalue weighted by Crippen LogP contribution is 2.23.